The van der Waals surface area contributed by atoms with E-state index in [1.165, 1.54) is 0 Å². The van der Waals surface area contributed by atoms with Crippen LogP contribution in [0, 0.1) is 12.3 Å². The lowest BCUT2D eigenvalue weighted by atomic mass is 10.3. The Kier molecular flexibility index (Phi) is 6.87. The lowest BCUT2D eigenvalue weighted by Crippen LogP contribution is -2.23. The Labute approximate surface area is 70.1 Å². The molecule has 0 aromatic heterocycles. The molecule has 0 aliphatic rings. The van der Waals surface area contributed by atoms with Crippen molar-refractivity contribution in [3.8, 4) is 12.3 Å². The first-order valence-electron chi connectivity index (χ1n) is 4.18. The molecule has 0 atom stereocenters. The van der Waals surface area contributed by atoms with Gasteiger partial charge in [-0.05, 0) is 25.6 Å². The Morgan fingerprint density at radius 2 is 2.00 bits per heavy atom. The molecule has 0 saturated heterocycles. The molecule has 1 nitrogen and oxygen atoms in total. The lowest BCUT2D eigenvalue weighted by Gasteiger charge is -2.15. The van der Waals surface area contributed by atoms with Gasteiger partial charge in [-0.25, -0.2) is 0 Å². The topological polar surface area (TPSA) is 3.24 Å². The minimum atomic E-state index is 1.06. The van der Waals surface area contributed by atoms with Gasteiger partial charge in [0.2, 0.25) is 0 Å². The van der Waals surface area contributed by atoms with E-state index in [1.807, 2.05) is 6.08 Å². The van der Waals surface area contributed by atoms with Gasteiger partial charge in [0, 0.05) is 6.54 Å². The molecule has 62 valence electrons. The number of rotatable bonds is 5. The van der Waals surface area contributed by atoms with Gasteiger partial charge in [-0.1, -0.05) is 25.8 Å². The van der Waals surface area contributed by atoms with Crippen molar-refractivity contribution in [2.24, 2.45) is 0 Å². The molecule has 0 rings (SSSR count). The van der Waals surface area contributed by atoms with E-state index in [0.717, 1.165) is 26.1 Å². The first-order valence-corrected chi connectivity index (χ1v) is 4.18. The highest BCUT2D eigenvalue weighted by molar-refractivity contribution is 5.08. The molecule has 0 aromatic rings. The van der Waals surface area contributed by atoms with E-state index in [-0.39, 0.29) is 0 Å². The minimum absolute atomic E-state index is 1.06. The summed E-state index contributed by atoms with van der Waals surface area (Å²) in [6.45, 7) is 7.72. The Morgan fingerprint density at radius 1 is 1.36 bits per heavy atom. The first-order chi connectivity index (χ1) is 5.35. The standard InChI is InChI=1S/C10H17N/c1-4-7-8-9-10-11(5-2)6-3/h1,7-8H,5-6,9-10H2,2-3H3/b8-7+. The van der Waals surface area contributed by atoms with E-state index in [0.29, 0.717) is 0 Å². The van der Waals surface area contributed by atoms with E-state index in [2.05, 4.69) is 24.7 Å². The van der Waals surface area contributed by atoms with Crippen molar-refractivity contribution in [3.63, 3.8) is 0 Å². The first kappa shape index (κ1) is 10.3. The molecule has 0 heterocycles. The zero-order valence-corrected chi connectivity index (χ0v) is 7.51. The molecule has 11 heavy (non-hydrogen) atoms. The van der Waals surface area contributed by atoms with Crippen LogP contribution in [0.15, 0.2) is 12.2 Å². The number of nitrogens with zero attached hydrogens (tertiary/aromatic N) is 1. The summed E-state index contributed by atoms with van der Waals surface area (Å²) in [5.41, 5.74) is 0. The smallest absolute Gasteiger partial charge is 0.00160 e. The number of allylic oxidation sites excluding steroid dienone is 1. The third-order valence-corrected chi connectivity index (χ3v) is 1.72. The van der Waals surface area contributed by atoms with Crippen molar-refractivity contribution in [1.82, 2.24) is 4.90 Å². The van der Waals surface area contributed by atoms with Crippen molar-refractivity contribution in [2.75, 3.05) is 19.6 Å². The summed E-state index contributed by atoms with van der Waals surface area (Å²) >= 11 is 0. The molecule has 0 aliphatic carbocycles. The SMILES string of the molecule is C#C/C=C/CCN(CC)CC. The Bertz CT molecular complexity index is 137. The quantitative estimate of drug-likeness (QED) is 0.542. The van der Waals surface area contributed by atoms with Gasteiger partial charge in [-0.2, -0.15) is 0 Å². The molecule has 0 unspecified atom stereocenters. The number of terminal acetylenes is 1. The molecule has 1 heteroatoms. The molecule has 0 saturated carbocycles. The predicted octanol–water partition coefficient (Wildman–Crippen LogP) is 1.91. The fourth-order valence-corrected chi connectivity index (χ4v) is 0.948. The van der Waals surface area contributed by atoms with Gasteiger partial charge in [0.05, 0.1) is 0 Å². The molecule has 0 amide bonds. The molecular weight excluding hydrogens is 134 g/mol. The van der Waals surface area contributed by atoms with Gasteiger partial charge in [-0.3, -0.25) is 0 Å². The summed E-state index contributed by atoms with van der Waals surface area (Å²) in [6, 6.07) is 0. The van der Waals surface area contributed by atoms with Crippen LogP contribution >= 0.6 is 0 Å². The third-order valence-electron chi connectivity index (χ3n) is 1.72. The van der Waals surface area contributed by atoms with Crippen molar-refractivity contribution >= 4 is 0 Å². The highest BCUT2D eigenvalue weighted by atomic mass is 15.1. The van der Waals surface area contributed by atoms with Gasteiger partial charge < -0.3 is 4.90 Å². The number of hydrogen-bond donors (Lipinski definition) is 0. The number of hydrogen-bond acceptors (Lipinski definition) is 1. The molecule has 0 bridgehead atoms. The molecule has 0 radical (unpaired) electrons. The molecule has 0 aliphatic heterocycles. The maximum absolute atomic E-state index is 5.06. The van der Waals surface area contributed by atoms with Crippen molar-refractivity contribution < 1.29 is 0 Å². The Hall–Kier alpha value is -0.740. The van der Waals surface area contributed by atoms with E-state index < -0.39 is 0 Å². The van der Waals surface area contributed by atoms with Gasteiger partial charge >= 0.3 is 0 Å². The monoisotopic (exact) mass is 151 g/mol. The summed E-state index contributed by atoms with van der Waals surface area (Å²) < 4.78 is 0. The van der Waals surface area contributed by atoms with Gasteiger partial charge in [0.25, 0.3) is 0 Å². The highest BCUT2D eigenvalue weighted by Gasteiger charge is 1.94. The summed E-state index contributed by atoms with van der Waals surface area (Å²) in [5, 5.41) is 0. The van der Waals surface area contributed by atoms with Crippen LogP contribution in [0.1, 0.15) is 20.3 Å². The summed E-state index contributed by atoms with van der Waals surface area (Å²) in [4.78, 5) is 2.38. The average molecular weight is 151 g/mol. The summed E-state index contributed by atoms with van der Waals surface area (Å²) in [5.74, 6) is 2.48. The lowest BCUT2D eigenvalue weighted by molar-refractivity contribution is 0.310. The molecule has 0 aromatic carbocycles. The molecule has 0 spiro atoms. The van der Waals surface area contributed by atoms with Gasteiger partial charge in [-0.15, -0.1) is 6.42 Å². The van der Waals surface area contributed by atoms with Crippen LogP contribution in [0.25, 0.3) is 0 Å². The largest absolute Gasteiger partial charge is 0.304 e. The summed E-state index contributed by atoms with van der Waals surface area (Å²) in [6.07, 6.45) is 9.93. The fourth-order valence-electron chi connectivity index (χ4n) is 0.948. The van der Waals surface area contributed by atoms with Crippen LogP contribution in [0.5, 0.6) is 0 Å². The van der Waals surface area contributed by atoms with Crippen LogP contribution in [-0.4, -0.2) is 24.5 Å². The maximum Gasteiger partial charge on any atom is 0.00160 e. The van der Waals surface area contributed by atoms with Crippen LogP contribution in [0.4, 0.5) is 0 Å². The average Bonchev–Trinajstić information content (AvgIpc) is 2.05. The zero-order chi connectivity index (χ0) is 8.53. The molecule has 0 N–H and O–H groups in total. The van der Waals surface area contributed by atoms with Crippen LogP contribution in [0.2, 0.25) is 0 Å². The fraction of sp³-hybridized carbons (Fsp3) is 0.600. The summed E-state index contributed by atoms with van der Waals surface area (Å²) in [7, 11) is 0. The van der Waals surface area contributed by atoms with Crippen LogP contribution < -0.4 is 0 Å². The second kappa shape index (κ2) is 7.37. The van der Waals surface area contributed by atoms with E-state index in [9.17, 15) is 0 Å². The maximum atomic E-state index is 5.06. The van der Waals surface area contributed by atoms with Crippen molar-refractivity contribution in [3.05, 3.63) is 12.2 Å². The minimum Gasteiger partial charge on any atom is -0.304 e. The highest BCUT2D eigenvalue weighted by Crippen LogP contribution is 1.90. The zero-order valence-electron chi connectivity index (χ0n) is 7.51. The van der Waals surface area contributed by atoms with Gasteiger partial charge in [0.15, 0.2) is 0 Å². The van der Waals surface area contributed by atoms with E-state index in [1.54, 1.807) is 6.08 Å². The molecule has 0 fully saturated rings. The Morgan fingerprint density at radius 3 is 2.45 bits per heavy atom. The van der Waals surface area contributed by atoms with E-state index in [4.69, 9.17) is 6.42 Å². The third kappa shape index (κ3) is 5.69. The normalized spacial score (nSPS) is 10.7. The molecular formula is C10H17N. The van der Waals surface area contributed by atoms with Crippen LogP contribution in [-0.2, 0) is 0 Å². The Balaban J connectivity index is 3.37. The second-order valence-electron chi connectivity index (χ2n) is 2.38. The van der Waals surface area contributed by atoms with Gasteiger partial charge in [0.1, 0.15) is 0 Å². The van der Waals surface area contributed by atoms with E-state index >= 15 is 0 Å². The predicted molar refractivity (Wildman–Crippen MR) is 50.4 cm³/mol. The van der Waals surface area contributed by atoms with Crippen molar-refractivity contribution in [2.45, 2.75) is 20.3 Å². The second-order valence-corrected chi connectivity index (χ2v) is 2.38. The van der Waals surface area contributed by atoms with Crippen LogP contribution in [0.3, 0.4) is 0 Å². The van der Waals surface area contributed by atoms with Crippen molar-refractivity contribution in [1.29, 1.82) is 0 Å².